The van der Waals surface area contributed by atoms with Gasteiger partial charge in [0, 0.05) is 26.2 Å². The minimum absolute atomic E-state index is 0.0634. The van der Waals surface area contributed by atoms with E-state index >= 15 is 0 Å². The lowest BCUT2D eigenvalue weighted by Gasteiger charge is -2.35. The Morgan fingerprint density at radius 1 is 1.18 bits per heavy atom. The second-order valence-electron chi connectivity index (χ2n) is 6.64. The summed E-state index contributed by atoms with van der Waals surface area (Å²) < 4.78 is 5.37. The second-order valence-corrected chi connectivity index (χ2v) is 6.64. The van der Waals surface area contributed by atoms with Gasteiger partial charge in [-0.15, -0.1) is 0 Å². The molecule has 1 amide bonds. The van der Waals surface area contributed by atoms with E-state index in [2.05, 4.69) is 23.7 Å². The van der Waals surface area contributed by atoms with Crippen molar-refractivity contribution in [2.24, 2.45) is 11.8 Å². The first-order valence-electron chi connectivity index (χ1n) is 8.22. The predicted molar refractivity (Wildman–Crippen MR) is 86.1 cm³/mol. The van der Waals surface area contributed by atoms with Gasteiger partial charge in [-0.3, -0.25) is 4.79 Å². The smallest absolute Gasteiger partial charge is 0.272 e. The monoisotopic (exact) mass is 303 g/mol. The number of ether oxygens (including phenoxy) is 1. The Bertz CT molecular complexity index is 518. The SMILES string of the molecule is CC1CC(C)CN(C(=O)c2cccc(N3CCOCC3)n2)C1. The summed E-state index contributed by atoms with van der Waals surface area (Å²) in [6.07, 6.45) is 1.20. The number of piperidine rings is 1. The standard InChI is InChI=1S/C17H25N3O2/c1-13-10-14(2)12-20(11-13)17(21)15-4-3-5-16(18-15)19-6-8-22-9-7-19/h3-5,13-14H,6-12H2,1-2H3. The molecule has 5 heteroatoms. The first-order chi connectivity index (χ1) is 10.6. The highest BCUT2D eigenvalue weighted by Gasteiger charge is 2.27. The highest BCUT2D eigenvalue weighted by atomic mass is 16.5. The lowest BCUT2D eigenvalue weighted by Crippen LogP contribution is -2.43. The molecule has 2 aliphatic heterocycles. The van der Waals surface area contributed by atoms with E-state index < -0.39 is 0 Å². The number of aromatic nitrogens is 1. The van der Waals surface area contributed by atoms with Crippen LogP contribution >= 0.6 is 0 Å². The Labute approximate surface area is 132 Å². The van der Waals surface area contributed by atoms with Gasteiger partial charge in [0.1, 0.15) is 11.5 Å². The molecule has 2 saturated heterocycles. The van der Waals surface area contributed by atoms with Crippen LogP contribution in [0.1, 0.15) is 30.8 Å². The first kappa shape index (κ1) is 15.3. The molecule has 0 radical (unpaired) electrons. The Morgan fingerprint density at radius 2 is 1.86 bits per heavy atom. The van der Waals surface area contributed by atoms with Gasteiger partial charge in [0.05, 0.1) is 13.2 Å². The van der Waals surface area contributed by atoms with Crippen LogP contribution < -0.4 is 4.90 Å². The van der Waals surface area contributed by atoms with Gasteiger partial charge in [0.2, 0.25) is 0 Å². The zero-order chi connectivity index (χ0) is 15.5. The summed E-state index contributed by atoms with van der Waals surface area (Å²) in [6, 6.07) is 5.74. The van der Waals surface area contributed by atoms with Gasteiger partial charge in [-0.2, -0.15) is 0 Å². The van der Waals surface area contributed by atoms with Crippen molar-refractivity contribution in [1.82, 2.24) is 9.88 Å². The third kappa shape index (κ3) is 3.40. The molecule has 0 saturated carbocycles. The maximum Gasteiger partial charge on any atom is 0.272 e. The van der Waals surface area contributed by atoms with Gasteiger partial charge in [0.15, 0.2) is 0 Å². The molecule has 1 aromatic heterocycles. The van der Waals surface area contributed by atoms with Gasteiger partial charge in [-0.05, 0) is 30.4 Å². The summed E-state index contributed by atoms with van der Waals surface area (Å²) in [5, 5.41) is 0. The fourth-order valence-corrected chi connectivity index (χ4v) is 3.50. The number of anilines is 1. The summed E-state index contributed by atoms with van der Waals surface area (Å²) >= 11 is 0. The zero-order valence-corrected chi connectivity index (χ0v) is 13.5. The van der Waals surface area contributed by atoms with E-state index in [4.69, 9.17) is 4.74 Å². The molecule has 120 valence electrons. The third-order valence-electron chi connectivity index (χ3n) is 4.44. The third-order valence-corrected chi connectivity index (χ3v) is 4.44. The summed E-state index contributed by atoms with van der Waals surface area (Å²) in [4.78, 5) is 21.5. The van der Waals surface area contributed by atoms with Gasteiger partial charge >= 0.3 is 0 Å². The molecule has 1 aromatic rings. The number of nitrogens with zero attached hydrogens (tertiary/aromatic N) is 3. The first-order valence-corrected chi connectivity index (χ1v) is 8.22. The minimum Gasteiger partial charge on any atom is -0.378 e. The van der Waals surface area contributed by atoms with Crippen LogP contribution in [0.3, 0.4) is 0 Å². The Kier molecular flexibility index (Phi) is 4.62. The largest absolute Gasteiger partial charge is 0.378 e. The quantitative estimate of drug-likeness (QED) is 0.839. The van der Waals surface area contributed by atoms with Crippen molar-refractivity contribution >= 4 is 11.7 Å². The van der Waals surface area contributed by atoms with Crippen molar-refractivity contribution in [1.29, 1.82) is 0 Å². The number of hydrogen-bond acceptors (Lipinski definition) is 4. The van der Waals surface area contributed by atoms with Crippen molar-refractivity contribution < 1.29 is 9.53 Å². The van der Waals surface area contributed by atoms with Crippen LogP contribution in [0.5, 0.6) is 0 Å². The Morgan fingerprint density at radius 3 is 2.55 bits per heavy atom. The number of pyridine rings is 1. The van der Waals surface area contributed by atoms with E-state index in [9.17, 15) is 4.79 Å². The summed E-state index contributed by atoms with van der Waals surface area (Å²) in [5.41, 5.74) is 0.560. The van der Waals surface area contributed by atoms with E-state index in [0.717, 1.165) is 45.2 Å². The van der Waals surface area contributed by atoms with E-state index in [1.54, 1.807) is 0 Å². The molecule has 22 heavy (non-hydrogen) atoms. The van der Waals surface area contributed by atoms with Crippen LogP contribution in [0.25, 0.3) is 0 Å². The second kappa shape index (κ2) is 6.65. The lowest BCUT2D eigenvalue weighted by molar-refractivity contribution is 0.0617. The average Bonchev–Trinajstić information content (AvgIpc) is 2.54. The van der Waals surface area contributed by atoms with E-state index in [-0.39, 0.29) is 5.91 Å². The molecule has 2 unspecified atom stereocenters. The molecule has 0 N–H and O–H groups in total. The van der Waals surface area contributed by atoms with Crippen molar-refractivity contribution in [2.45, 2.75) is 20.3 Å². The van der Waals surface area contributed by atoms with Crippen LogP contribution in [0, 0.1) is 11.8 Å². The van der Waals surface area contributed by atoms with Gasteiger partial charge < -0.3 is 14.5 Å². The van der Waals surface area contributed by atoms with Crippen LogP contribution in [0.15, 0.2) is 18.2 Å². The zero-order valence-electron chi connectivity index (χ0n) is 13.5. The molecule has 2 atom stereocenters. The molecule has 0 bridgehead atoms. The lowest BCUT2D eigenvalue weighted by atomic mass is 9.92. The van der Waals surface area contributed by atoms with Crippen molar-refractivity contribution in [3.05, 3.63) is 23.9 Å². The number of amides is 1. The van der Waals surface area contributed by atoms with Gasteiger partial charge in [-0.1, -0.05) is 19.9 Å². The highest BCUT2D eigenvalue weighted by Crippen LogP contribution is 2.23. The van der Waals surface area contributed by atoms with Crippen molar-refractivity contribution in [2.75, 3.05) is 44.3 Å². The van der Waals surface area contributed by atoms with Crippen LogP contribution in [0.4, 0.5) is 5.82 Å². The fourth-order valence-electron chi connectivity index (χ4n) is 3.50. The van der Waals surface area contributed by atoms with Crippen LogP contribution in [-0.2, 0) is 4.74 Å². The summed E-state index contributed by atoms with van der Waals surface area (Å²) in [6.45, 7) is 9.23. The molecule has 0 aromatic carbocycles. The summed E-state index contributed by atoms with van der Waals surface area (Å²) in [7, 11) is 0. The van der Waals surface area contributed by atoms with Gasteiger partial charge in [0.25, 0.3) is 5.91 Å². The fraction of sp³-hybridized carbons (Fsp3) is 0.647. The van der Waals surface area contributed by atoms with Crippen molar-refractivity contribution in [3.8, 4) is 0 Å². The van der Waals surface area contributed by atoms with Crippen LogP contribution in [0.2, 0.25) is 0 Å². The van der Waals surface area contributed by atoms with E-state index in [0.29, 0.717) is 17.5 Å². The number of rotatable bonds is 2. The molecule has 3 heterocycles. The van der Waals surface area contributed by atoms with Crippen molar-refractivity contribution in [3.63, 3.8) is 0 Å². The highest BCUT2D eigenvalue weighted by molar-refractivity contribution is 5.92. The molecule has 0 aliphatic carbocycles. The van der Waals surface area contributed by atoms with Gasteiger partial charge in [-0.25, -0.2) is 4.98 Å². The molecular formula is C17H25N3O2. The molecule has 5 nitrogen and oxygen atoms in total. The Balaban J connectivity index is 1.74. The normalized spacial score (nSPS) is 26.1. The molecule has 0 spiro atoms. The van der Waals surface area contributed by atoms with E-state index in [1.165, 1.54) is 6.42 Å². The molecular weight excluding hydrogens is 278 g/mol. The molecule has 2 fully saturated rings. The number of likely N-dealkylation sites (tertiary alicyclic amines) is 1. The number of morpholine rings is 1. The number of carbonyl (C=O) groups excluding carboxylic acids is 1. The minimum atomic E-state index is 0.0634. The molecule has 3 rings (SSSR count). The predicted octanol–water partition coefficient (Wildman–Crippen LogP) is 2.04. The molecule has 2 aliphatic rings. The van der Waals surface area contributed by atoms with Crippen LogP contribution in [-0.4, -0.2) is 55.2 Å². The summed E-state index contributed by atoms with van der Waals surface area (Å²) in [5.74, 6) is 2.08. The topological polar surface area (TPSA) is 45.7 Å². The maximum absolute atomic E-state index is 12.7. The number of hydrogen-bond donors (Lipinski definition) is 0. The average molecular weight is 303 g/mol. The Hall–Kier alpha value is -1.62. The maximum atomic E-state index is 12.7. The van der Waals surface area contributed by atoms with E-state index in [1.807, 2.05) is 23.1 Å². The number of carbonyl (C=O) groups is 1.